The number of fused-ring (bicyclic) bond motifs is 1. The Morgan fingerprint density at radius 3 is 2.77 bits per heavy atom. The Kier molecular flexibility index (Phi) is 4.75. The summed E-state index contributed by atoms with van der Waals surface area (Å²) in [6.07, 6.45) is -0.307. The van der Waals surface area contributed by atoms with Crippen molar-refractivity contribution in [3.63, 3.8) is 0 Å². The zero-order valence-corrected chi connectivity index (χ0v) is 16.3. The Labute approximate surface area is 172 Å². The van der Waals surface area contributed by atoms with Gasteiger partial charge in [-0.2, -0.15) is 0 Å². The molecular formula is C23H22F3NO3. The van der Waals surface area contributed by atoms with Crippen molar-refractivity contribution in [3.8, 4) is 11.5 Å². The smallest absolute Gasteiger partial charge is 0.492 e. The molecule has 1 saturated heterocycles. The summed E-state index contributed by atoms with van der Waals surface area (Å²) >= 11 is 0. The van der Waals surface area contributed by atoms with Gasteiger partial charge in [-0.25, -0.2) is 0 Å². The molecule has 1 fully saturated rings. The van der Waals surface area contributed by atoms with Gasteiger partial charge in [-0.05, 0) is 48.7 Å². The Bertz CT molecular complexity index is 974. The third kappa shape index (κ3) is 3.56. The van der Waals surface area contributed by atoms with E-state index in [1.165, 1.54) is 12.1 Å². The molecule has 3 heterocycles. The lowest BCUT2D eigenvalue weighted by atomic mass is 9.81. The average Bonchev–Trinajstić information content (AvgIpc) is 3.35. The summed E-state index contributed by atoms with van der Waals surface area (Å²) in [5.41, 5.74) is 2.78. The van der Waals surface area contributed by atoms with E-state index in [1.54, 1.807) is 0 Å². The SMILES string of the molecule is FC(F)(F)Oc1cc2c(c(C3=C[C@@]4(CCCN[C@H]4c4ccccc4)OC3)c1)OCC2. The van der Waals surface area contributed by atoms with Crippen molar-refractivity contribution in [2.45, 2.75) is 37.3 Å². The number of nitrogens with one attached hydrogen (secondary N) is 1. The second-order valence-electron chi connectivity index (χ2n) is 7.92. The van der Waals surface area contributed by atoms with Gasteiger partial charge in [0.2, 0.25) is 0 Å². The Balaban J connectivity index is 1.54. The highest BCUT2D eigenvalue weighted by molar-refractivity contribution is 5.77. The number of ether oxygens (including phenoxy) is 3. The van der Waals surface area contributed by atoms with Crippen LogP contribution >= 0.6 is 0 Å². The molecule has 3 aliphatic heterocycles. The zero-order chi connectivity index (χ0) is 20.8. The van der Waals surface area contributed by atoms with Gasteiger partial charge in [0.15, 0.2) is 0 Å². The second kappa shape index (κ2) is 7.32. The van der Waals surface area contributed by atoms with Crippen LogP contribution in [-0.2, 0) is 11.2 Å². The minimum Gasteiger partial charge on any atom is -0.492 e. The van der Waals surface area contributed by atoms with E-state index in [1.807, 2.05) is 18.2 Å². The van der Waals surface area contributed by atoms with Gasteiger partial charge < -0.3 is 19.5 Å². The number of piperidine rings is 1. The summed E-state index contributed by atoms with van der Waals surface area (Å²) in [6, 6.07) is 12.9. The lowest BCUT2D eigenvalue weighted by molar-refractivity contribution is -0.274. The predicted octanol–water partition coefficient (Wildman–Crippen LogP) is 4.80. The number of rotatable bonds is 3. The van der Waals surface area contributed by atoms with Crippen molar-refractivity contribution < 1.29 is 27.4 Å². The number of hydrogen-bond acceptors (Lipinski definition) is 4. The molecule has 0 radical (unpaired) electrons. The highest BCUT2D eigenvalue weighted by Crippen LogP contribution is 2.47. The topological polar surface area (TPSA) is 39.7 Å². The van der Waals surface area contributed by atoms with Gasteiger partial charge in [-0.3, -0.25) is 0 Å². The van der Waals surface area contributed by atoms with Crippen molar-refractivity contribution in [2.75, 3.05) is 19.8 Å². The molecule has 0 aliphatic carbocycles. The number of hydrogen-bond donors (Lipinski definition) is 1. The van der Waals surface area contributed by atoms with E-state index in [-0.39, 0.29) is 11.8 Å². The first-order chi connectivity index (χ1) is 14.4. The van der Waals surface area contributed by atoms with Gasteiger partial charge in [0.05, 0.1) is 19.3 Å². The summed E-state index contributed by atoms with van der Waals surface area (Å²) in [5, 5.41) is 3.56. The molecule has 4 nitrogen and oxygen atoms in total. The highest BCUT2D eigenvalue weighted by Gasteiger charge is 2.45. The molecule has 2 aromatic rings. The molecule has 0 amide bonds. The Hall–Kier alpha value is -2.51. The number of alkyl halides is 3. The molecule has 5 rings (SSSR count). The molecule has 3 aliphatic rings. The average molecular weight is 417 g/mol. The Morgan fingerprint density at radius 2 is 1.97 bits per heavy atom. The number of benzene rings is 2. The minimum absolute atomic E-state index is 0.0199. The summed E-state index contributed by atoms with van der Waals surface area (Å²) in [7, 11) is 0. The van der Waals surface area contributed by atoms with Gasteiger partial charge in [0.1, 0.15) is 17.1 Å². The van der Waals surface area contributed by atoms with Crippen LogP contribution in [0.1, 0.15) is 35.6 Å². The Morgan fingerprint density at radius 1 is 1.13 bits per heavy atom. The highest BCUT2D eigenvalue weighted by atomic mass is 19.4. The molecule has 1 N–H and O–H groups in total. The maximum Gasteiger partial charge on any atom is 0.573 e. The second-order valence-corrected chi connectivity index (χ2v) is 7.92. The van der Waals surface area contributed by atoms with E-state index >= 15 is 0 Å². The van der Waals surface area contributed by atoms with E-state index in [9.17, 15) is 13.2 Å². The molecule has 0 aromatic heterocycles. The van der Waals surface area contributed by atoms with Gasteiger partial charge in [0.25, 0.3) is 0 Å². The van der Waals surface area contributed by atoms with Crippen LogP contribution in [0.5, 0.6) is 11.5 Å². The molecule has 0 bridgehead atoms. The number of halogens is 3. The molecule has 2 aromatic carbocycles. The summed E-state index contributed by atoms with van der Waals surface area (Å²) < 4.78 is 54.8. The zero-order valence-electron chi connectivity index (χ0n) is 16.3. The van der Waals surface area contributed by atoms with Crippen molar-refractivity contribution in [2.24, 2.45) is 0 Å². The molecule has 2 atom stereocenters. The van der Waals surface area contributed by atoms with Crippen molar-refractivity contribution in [1.82, 2.24) is 5.32 Å². The van der Waals surface area contributed by atoms with Crippen molar-refractivity contribution >= 4 is 5.57 Å². The maximum atomic E-state index is 12.8. The van der Waals surface area contributed by atoms with Crippen LogP contribution in [-0.4, -0.2) is 31.7 Å². The fraction of sp³-hybridized carbons (Fsp3) is 0.391. The van der Waals surface area contributed by atoms with Crippen LogP contribution in [0.2, 0.25) is 0 Å². The molecule has 0 saturated carbocycles. The molecule has 30 heavy (non-hydrogen) atoms. The van der Waals surface area contributed by atoms with Gasteiger partial charge in [0, 0.05) is 17.5 Å². The van der Waals surface area contributed by atoms with Crippen LogP contribution in [0.25, 0.3) is 5.57 Å². The molecule has 0 unspecified atom stereocenters. The normalized spacial score (nSPS) is 25.7. The van der Waals surface area contributed by atoms with E-state index in [4.69, 9.17) is 9.47 Å². The van der Waals surface area contributed by atoms with E-state index in [2.05, 4.69) is 28.3 Å². The monoisotopic (exact) mass is 417 g/mol. The van der Waals surface area contributed by atoms with Crippen LogP contribution < -0.4 is 14.8 Å². The lowest BCUT2D eigenvalue weighted by Gasteiger charge is -2.40. The first-order valence-electron chi connectivity index (χ1n) is 10.1. The fourth-order valence-electron chi connectivity index (χ4n) is 4.74. The van der Waals surface area contributed by atoms with Crippen LogP contribution in [0.15, 0.2) is 48.5 Å². The van der Waals surface area contributed by atoms with Crippen LogP contribution in [0.3, 0.4) is 0 Å². The summed E-state index contributed by atoms with van der Waals surface area (Å²) in [5.74, 6) is 0.418. The lowest BCUT2D eigenvalue weighted by Crippen LogP contribution is -2.47. The van der Waals surface area contributed by atoms with E-state index < -0.39 is 12.0 Å². The summed E-state index contributed by atoms with van der Waals surface area (Å²) in [4.78, 5) is 0. The van der Waals surface area contributed by atoms with Gasteiger partial charge in [-0.15, -0.1) is 13.2 Å². The van der Waals surface area contributed by atoms with Gasteiger partial charge >= 0.3 is 6.36 Å². The molecular weight excluding hydrogens is 395 g/mol. The molecule has 7 heteroatoms. The minimum atomic E-state index is -4.74. The third-order valence-corrected chi connectivity index (χ3v) is 5.97. The van der Waals surface area contributed by atoms with Crippen LogP contribution in [0, 0.1) is 0 Å². The van der Waals surface area contributed by atoms with Crippen molar-refractivity contribution in [3.05, 3.63) is 65.2 Å². The maximum absolute atomic E-state index is 12.8. The standard InChI is InChI=1S/C23H22F3NO3/c24-23(25,26)30-18-11-16-7-10-28-20(16)19(12-18)17-13-22(29-14-17)8-4-9-27-21(22)15-5-2-1-3-6-15/h1-3,5-6,11-13,21,27H,4,7-10,14H2/t21-,22+/m0/s1. The predicted molar refractivity (Wildman–Crippen MR) is 105 cm³/mol. The first-order valence-corrected chi connectivity index (χ1v) is 10.1. The van der Waals surface area contributed by atoms with E-state index in [0.29, 0.717) is 30.9 Å². The summed E-state index contributed by atoms with van der Waals surface area (Å²) in [6.45, 7) is 1.66. The van der Waals surface area contributed by atoms with E-state index in [0.717, 1.165) is 36.1 Å². The fourth-order valence-corrected chi connectivity index (χ4v) is 4.74. The molecule has 1 spiro atoms. The molecule has 158 valence electrons. The quantitative estimate of drug-likeness (QED) is 0.779. The van der Waals surface area contributed by atoms with Crippen molar-refractivity contribution in [1.29, 1.82) is 0 Å². The van der Waals surface area contributed by atoms with Crippen LogP contribution in [0.4, 0.5) is 13.2 Å². The third-order valence-electron chi connectivity index (χ3n) is 5.97. The first kappa shape index (κ1) is 19.5. The largest absolute Gasteiger partial charge is 0.573 e. The van der Waals surface area contributed by atoms with Gasteiger partial charge in [-0.1, -0.05) is 30.3 Å².